The molecule has 4 rings (SSSR count). The van der Waals surface area contributed by atoms with Gasteiger partial charge >= 0.3 is 0 Å². The first-order valence-corrected chi connectivity index (χ1v) is 10.6. The van der Waals surface area contributed by atoms with Crippen molar-refractivity contribution in [3.8, 4) is 21.8 Å². The summed E-state index contributed by atoms with van der Waals surface area (Å²) in [6, 6.07) is 14.9. The second-order valence-corrected chi connectivity index (χ2v) is 8.19. The van der Waals surface area contributed by atoms with Gasteiger partial charge < -0.3 is 14.2 Å². The number of benzene rings is 1. The maximum Gasteiger partial charge on any atom is 0.0971 e. The molecule has 1 fully saturated rings. The molecule has 1 aliphatic rings. The van der Waals surface area contributed by atoms with Crippen LogP contribution in [-0.4, -0.2) is 47.8 Å². The molecule has 5 heteroatoms. The fourth-order valence-corrected chi connectivity index (χ4v) is 4.76. The van der Waals surface area contributed by atoms with E-state index in [4.69, 9.17) is 9.72 Å². The molecule has 0 N–H and O–H groups in total. The van der Waals surface area contributed by atoms with Gasteiger partial charge in [0.25, 0.3) is 0 Å². The summed E-state index contributed by atoms with van der Waals surface area (Å²) in [5.74, 6) is 0.684. The van der Waals surface area contributed by atoms with Gasteiger partial charge in [0.05, 0.1) is 22.6 Å². The van der Waals surface area contributed by atoms with E-state index in [0.29, 0.717) is 5.92 Å². The summed E-state index contributed by atoms with van der Waals surface area (Å²) in [5, 5.41) is 2.15. The van der Waals surface area contributed by atoms with Gasteiger partial charge in [0.2, 0.25) is 0 Å². The Balaban J connectivity index is 1.53. The highest BCUT2D eigenvalue weighted by Crippen LogP contribution is 2.35. The zero-order chi connectivity index (χ0) is 18.5. The second-order valence-electron chi connectivity index (χ2n) is 7.24. The number of thiophene rings is 1. The van der Waals surface area contributed by atoms with E-state index < -0.39 is 0 Å². The van der Waals surface area contributed by atoms with Crippen LogP contribution in [0.2, 0.25) is 0 Å². The highest BCUT2D eigenvalue weighted by molar-refractivity contribution is 7.13. The van der Waals surface area contributed by atoms with Crippen molar-refractivity contribution in [1.29, 1.82) is 0 Å². The van der Waals surface area contributed by atoms with Crippen molar-refractivity contribution in [3.63, 3.8) is 0 Å². The minimum absolute atomic E-state index is 0.684. The number of likely N-dealkylation sites (tertiary alicyclic amines) is 1. The molecule has 3 aromatic rings. The maximum atomic E-state index is 5.19. The van der Waals surface area contributed by atoms with Crippen LogP contribution in [-0.2, 0) is 11.3 Å². The Kier molecular flexibility index (Phi) is 6.02. The molecule has 2 aromatic heterocycles. The van der Waals surface area contributed by atoms with Gasteiger partial charge in [0.1, 0.15) is 0 Å². The first kappa shape index (κ1) is 18.4. The van der Waals surface area contributed by atoms with E-state index in [9.17, 15) is 0 Å². The zero-order valence-corrected chi connectivity index (χ0v) is 16.7. The van der Waals surface area contributed by atoms with Gasteiger partial charge in [-0.25, -0.2) is 4.98 Å². The third kappa shape index (κ3) is 4.32. The van der Waals surface area contributed by atoms with Crippen molar-refractivity contribution < 1.29 is 4.74 Å². The van der Waals surface area contributed by atoms with Crippen molar-refractivity contribution in [1.82, 2.24) is 14.5 Å². The van der Waals surface area contributed by atoms with Gasteiger partial charge in [-0.2, -0.15) is 0 Å². The van der Waals surface area contributed by atoms with Crippen LogP contribution in [0, 0.1) is 5.92 Å². The summed E-state index contributed by atoms with van der Waals surface area (Å²) in [6.45, 7) is 5.40. The minimum Gasteiger partial charge on any atom is -0.385 e. The molecule has 142 valence electrons. The lowest BCUT2D eigenvalue weighted by atomic mass is 10.1. The molecule has 0 unspecified atom stereocenters. The molecule has 0 radical (unpaired) electrons. The average Bonchev–Trinajstić information content (AvgIpc) is 3.44. The van der Waals surface area contributed by atoms with Crippen molar-refractivity contribution in [3.05, 3.63) is 54.2 Å². The topological polar surface area (TPSA) is 30.3 Å². The molecule has 27 heavy (non-hydrogen) atoms. The lowest BCUT2D eigenvalue weighted by molar-refractivity contribution is 0.178. The normalized spacial score (nSPS) is 17.6. The molecule has 4 nitrogen and oxygen atoms in total. The van der Waals surface area contributed by atoms with Gasteiger partial charge in [0, 0.05) is 38.9 Å². The number of imidazole rings is 1. The third-order valence-electron chi connectivity index (χ3n) is 5.29. The first-order valence-electron chi connectivity index (χ1n) is 9.71. The summed E-state index contributed by atoms with van der Waals surface area (Å²) >= 11 is 1.79. The average molecular weight is 382 g/mol. The first-order chi connectivity index (χ1) is 13.3. The fraction of sp³-hybridized carbons (Fsp3) is 0.409. The number of hydrogen-bond acceptors (Lipinski definition) is 4. The number of rotatable bonds is 8. The Hall–Kier alpha value is -1.95. The van der Waals surface area contributed by atoms with Crippen LogP contribution in [0.25, 0.3) is 21.8 Å². The molecular formula is C22H27N3OS. The van der Waals surface area contributed by atoms with Crippen LogP contribution in [0.4, 0.5) is 0 Å². The quantitative estimate of drug-likeness (QED) is 0.533. The van der Waals surface area contributed by atoms with E-state index in [2.05, 4.69) is 57.3 Å². The summed E-state index contributed by atoms with van der Waals surface area (Å²) in [4.78, 5) is 8.67. The van der Waals surface area contributed by atoms with Gasteiger partial charge in [-0.05, 0) is 36.8 Å². The number of hydrogen-bond donors (Lipinski definition) is 0. The largest absolute Gasteiger partial charge is 0.385 e. The Morgan fingerprint density at radius 2 is 2.07 bits per heavy atom. The Bertz CT molecular complexity index is 829. The van der Waals surface area contributed by atoms with Gasteiger partial charge in [-0.15, -0.1) is 11.3 Å². The SMILES string of the molecule is COCCCN1CC[C@H](Cn2cnc(-c3ccccc3)c2-c2cccs2)C1. The zero-order valence-electron chi connectivity index (χ0n) is 15.9. The summed E-state index contributed by atoms with van der Waals surface area (Å²) in [5.41, 5.74) is 3.54. The van der Waals surface area contributed by atoms with Crippen molar-refractivity contribution in [2.75, 3.05) is 33.4 Å². The maximum absolute atomic E-state index is 5.19. The molecule has 0 saturated carbocycles. The molecule has 0 bridgehead atoms. The van der Waals surface area contributed by atoms with Crippen molar-refractivity contribution in [2.24, 2.45) is 5.92 Å². The monoisotopic (exact) mass is 381 g/mol. The fourth-order valence-electron chi connectivity index (χ4n) is 3.98. The number of nitrogens with zero attached hydrogens (tertiary/aromatic N) is 3. The van der Waals surface area contributed by atoms with E-state index in [1.54, 1.807) is 18.4 Å². The van der Waals surface area contributed by atoms with Crippen LogP contribution in [0.5, 0.6) is 0 Å². The molecule has 1 atom stereocenters. The molecule has 0 aliphatic carbocycles. The lowest BCUT2D eigenvalue weighted by Gasteiger charge is -2.17. The molecular weight excluding hydrogens is 354 g/mol. The van der Waals surface area contributed by atoms with Crippen molar-refractivity contribution >= 4 is 11.3 Å². The Morgan fingerprint density at radius 1 is 1.19 bits per heavy atom. The van der Waals surface area contributed by atoms with E-state index in [1.807, 2.05) is 6.33 Å². The van der Waals surface area contributed by atoms with Crippen LogP contribution < -0.4 is 0 Å². The Labute approximate surface area is 165 Å². The highest BCUT2D eigenvalue weighted by Gasteiger charge is 2.24. The number of aromatic nitrogens is 2. The standard InChI is InChI=1S/C22H27N3OS/c1-26-13-6-11-24-12-10-18(15-24)16-25-17-23-21(19-7-3-2-4-8-19)22(25)20-9-5-14-27-20/h2-5,7-9,14,17-18H,6,10-13,15-16H2,1H3/t18-/m0/s1. The summed E-state index contributed by atoms with van der Waals surface area (Å²) in [7, 11) is 1.78. The molecule has 1 saturated heterocycles. The number of ether oxygens (including phenoxy) is 1. The third-order valence-corrected chi connectivity index (χ3v) is 6.16. The summed E-state index contributed by atoms with van der Waals surface area (Å²) in [6.07, 6.45) is 4.41. The molecule has 1 aliphatic heterocycles. The van der Waals surface area contributed by atoms with Crippen LogP contribution in [0.3, 0.4) is 0 Å². The highest BCUT2D eigenvalue weighted by atomic mass is 32.1. The minimum atomic E-state index is 0.684. The number of methoxy groups -OCH3 is 1. The smallest absolute Gasteiger partial charge is 0.0971 e. The van der Waals surface area contributed by atoms with E-state index >= 15 is 0 Å². The van der Waals surface area contributed by atoms with Crippen molar-refractivity contribution in [2.45, 2.75) is 19.4 Å². The van der Waals surface area contributed by atoms with Crippen LogP contribution in [0.15, 0.2) is 54.2 Å². The van der Waals surface area contributed by atoms with Gasteiger partial charge in [-0.1, -0.05) is 36.4 Å². The van der Waals surface area contributed by atoms with E-state index in [1.165, 1.54) is 35.6 Å². The lowest BCUT2D eigenvalue weighted by Crippen LogP contribution is -2.24. The molecule has 3 heterocycles. The Morgan fingerprint density at radius 3 is 2.85 bits per heavy atom. The molecule has 0 amide bonds. The molecule has 1 aromatic carbocycles. The second kappa shape index (κ2) is 8.83. The predicted octanol–water partition coefficient (Wildman–Crippen LogP) is 4.64. The van der Waals surface area contributed by atoms with Crippen LogP contribution >= 0.6 is 11.3 Å². The van der Waals surface area contributed by atoms with Gasteiger partial charge in [0.15, 0.2) is 0 Å². The summed E-state index contributed by atoms with van der Waals surface area (Å²) < 4.78 is 7.56. The van der Waals surface area contributed by atoms with Crippen LogP contribution in [0.1, 0.15) is 12.8 Å². The van der Waals surface area contributed by atoms with E-state index in [0.717, 1.165) is 31.8 Å². The molecule has 0 spiro atoms. The predicted molar refractivity (Wildman–Crippen MR) is 112 cm³/mol. The van der Waals surface area contributed by atoms with E-state index in [-0.39, 0.29) is 0 Å². The van der Waals surface area contributed by atoms with Gasteiger partial charge in [-0.3, -0.25) is 0 Å².